The van der Waals surface area contributed by atoms with Gasteiger partial charge in [-0.2, -0.15) is 0 Å². The Hall–Kier alpha value is -0.0551. The second-order valence-corrected chi connectivity index (χ2v) is 2.98. The fourth-order valence-electron chi connectivity index (χ4n) is 1.11. The Balaban J connectivity index is 2.24. The first-order valence-electron chi connectivity index (χ1n) is 3.29. The van der Waals surface area contributed by atoms with Crippen molar-refractivity contribution in [3.05, 3.63) is 0 Å². The highest BCUT2D eigenvalue weighted by atomic mass is 16.2. The Kier molecular flexibility index (Phi) is 1.79. The summed E-state index contributed by atoms with van der Waals surface area (Å²) in [6, 6.07) is 0. The smallest absolute Gasteiger partial charge is 0.374 e. The second-order valence-electron chi connectivity index (χ2n) is 2.98. The average Bonchev–Trinajstić information content (AvgIpc) is 1.60. The summed E-state index contributed by atoms with van der Waals surface area (Å²) in [6.07, 6.45) is 0. The molecule has 0 atom stereocenters. The predicted octanol–water partition coefficient (Wildman–Crippen LogP) is -0.952. The number of hydrogen-bond donors (Lipinski definition) is 3. The van der Waals surface area contributed by atoms with E-state index in [9.17, 15) is 0 Å². The van der Waals surface area contributed by atoms with Crippen LogP contribution in [0.5, 0.6) is 0 Å². The average molecular weight is 128 g/mol. The third-order valence-corrected chi connectivity index (χ3v) is 1.59. The van der Waals surface area contributed by atoms with Crippen molar-refractivity contribution in [1.82, 2.24) is 10.5 Å². The van der Waals surface area contributed by atoms with E-state index in [1.807, 2.05) is 0 Å². The topological polar surface area (TPSA) is 44.3 Å². The molecule has 1 rings (SSSR count). The van der Waals surface area contributed by atoms with E-state index in [1.165, 1.54) is 0 Å². The maximum Gasteiger partial charge on any atom is 0.374 e. The van der Waals surface area contributed by atoms with Gasteiger partial charge in [-0.15, -0.1) is 0 Å². The molecule has 1 aliphatic heterocycles. The fourth-order valence-corrected chi connectivity index (χ4v) is 1.11. The van der Waals surface area contributed by atoms with Crippen molar-refractivity contribution in [2.75, 3.05) is 13.1 Å². The highest BCUT2D eigenvalue weighted by Crippen LogP contribution is 2.08. The first-order chi connectivity index (χ1) is 4.12. The molecule has 0 aromatic heterocycles. The van der Waals surface area contributed by atoms with Crippen LogP contribution >= 0.6 is 0 Å². The van der Waals surface area contributed by atoms with Gasteiger partial charge in [-0.1, -0.05) is 0 Å². The maximum atomic E-state index is 8.91. The largest absolute Gasteiger partial charge is 0.437 e. The van der Waals surface area contributed by atoms with Gasteiger partial charge in [0.2, 0.25) is 0 Å². The van der Waals surface area contributed by atoms with Crippen molar-refractivity contribution >= 4 is 7.05 Å². The molecule has 4 heteroatoms. The van der Waals surface area contributed by atoms with Crippen molar-refractivity contribution in [2.24, 2.45) is 0 Å². The van der Waals surface area contributed by atoms with Crippen molar-refractivity contribution in [3.63, 3.8) is 0 Å². The standard InChI is InChI=1S/C5H13BN2O/c1-5(3-7-4-5)8-6(2)9/h7-9H,3-4H2,1-2H3. The van der Waals surface area contributed by atoms with Crippen LogP contribution in [0.2, 0.25) is 6.82 Å². The molecule has 3 nitrogen and oxygen atoms in total. The number of nitrogens with one attached hydrogen (secondary N) is 2. The van der Waals surface area contributed by atoms with Crippen molar-refractivity contribution in [1.29, 1.82) is 0 Å². The van der Waals surface area contributed by atoms with E-state index in [0.29, 0.717) is 0 Å². The number of rotatable bonds is 2. The van der Waals surface area contributed by atoms with E-state index in [1.54, 1.807) is 6.82 Å². The lowest BCUT2D eigenvalue weighted by molar-refractivity contribution is 0.269. The Morgan fingerprint density at radius 3 is 2.33 bits per heavy atom. The number of hydrogen-bond acceptors (Lipinski definition) is 3. The van der Waals surface area contributed by atoms with Crippen LogP contribution < -0.4 is 10.5 Å². The van der Waals surface area contributed by atoms with Crippen LogP contribution in [0.25, 0.3) is 0 Å². The molecule has 0 unspecified atom stereocenters. The lowest BCUT2D eigenvalue weighted by Crippen LogP contribution is -2.68. The zero-order valence-corrected chi connectivity index (χ0v) is 5.94. The highest BCUT2D eigenvalue weighted by Gasteiger charge is 2.32. The van der Waals surface area contributed by atoms with Gasteiger partial charge < -0.3 is 15.6 Å². The Labute approximate surface area is 56.0 Å². The zero-order chi connectivity index (χ0) is 6.91. The first-order valence-corrected chi connectivity index (χ1v) is 3.29. The summed E-state index contributed by atoms with van der Waals surface area (Å²) in [4.78, 5) is 0. The molecule has 3 N–H and O–H groups in total. The van der Waals surface area contributed by atoms with Crippen LogP contribution in [-0.4, -0.2) is 30.7 Å². The fraction of sp³-hybridized carbons (Fsp3) is 1.00. The molecule has 0 aromatic rings. The Morgan fingerprint density at radius 1 is 1.67 bits per heavy atom. The third kappa shape index (κ3) is 1.68. The monoisotopic (exact) mass is 128 g/mol. The van der Waals surface area contributed by atoms with Gasteiger partial charge in [0.15, 0.2) is 0 Å². The molecule has 0 saturated carbocycles. The predicted molar refractivity (Wildman–Crippen MR) is 38.2 cm³/mol. The molecule has 1 fully saturated rings. The summed E-state index contributed by atoms with van der Waals surface area (Å²) in [5, 5.41) is 15.1. The van der Waals surface area contributed by atoms with Crippen LogP contribution in [0.15, 0.2) is 0 Å². The normalized spacial score (nSPS) is 23.0. The van der Waals surface area contributed by atoms with Crippen LogP contribution in [0, 0.1) is 0 Å². The molecule has 0 aromatic carbocycles. The molecule has 1 heterocycles. The van der Waals surface area contributed by atoms with Crippen molar-refractivity contribution in [2.45, 2.75) is 19.3 Å². The minimum atomic E-state index is -0.392. The molecule has 0 bridgehead atoms. The van der Waals surface area contributed by atoms with Gasteiger partial charge in [-0.25, -0.2) is 0 Å². The highest BCUT2D eigenvalue weighted by molar-refractivity contribution is 6.45. The molecular weight excluding hydrogens is 115 g/mol. The van der Waals surface area contributed by atoms with Gasteiger partial charge in [0.1, 0.15) is 0 Å². The zero-order valence-electron chi connectivity index (χ0n) is 5.94. The van der Waals surface area contributed by atoms with Gasteiger partial charge >= 0.3 is 7.05 Å². The second kappa shape index (κ2) is 2.29. The minimum absolute atomic E-state index is 0.133. The summed E-state index contributed by atoms with van der Waals surface area (Å²) < 4.78 is 0. The van der Waals surface area contributed by atoms with E-state index in [-0.39, 0.29) is 5.54 Å². The van der Waals surface area contributed by atoms with E-state index in [0.717, 1.165) is 13.1 Å². The molecule has 0 spiro atoms. The summed E-state index contributed by atoms with van der Waals surface area (Å²) in [5.41, 5.74) is 0.133. The molecule has 0 aliphatic carbocycles. The van der Waals surface area contributed by atoms with Gasteiger partial charge in [-0.3, -0.25) is 0 Å². The van der Waals surface area contributed by atoms with Gasteiger partial charge in [0, 0.05) is 18.6 Å². The first kappa shape index (κ1) is 7.06. The molecule has 9 heavy (non-hydrogen) atoms. The molecule has 1 aliphatic rings. The lowest BCUT2D eigenvalue weighted by Gasteiger charge is -2.40. The quantitative estimate of drug-likeness (QED) is 0.420. The van der Waals surface area contributed by atoms with Crippen LogP contribution in [-0.2, 0) is 0 Å². The lowest BCUT2D eigenvalue weighted by atomic mass is 9.80. The molecule has 52 valence electrons. The Bertz CT molecular complexity index is 103. The third-order valence-electron chi connectivity index (χ3n) is 1.59. The summed E-state index contributed by atoms with van der Waals surface area (Å²) in [5.74, 6) is 0. The van der Waals surface area contributed by atoms with E-state index < -0.39 is 7.05 Å². The summed E-state index contributed by atoms with van der Waals surface area (Å²) in [7, 11) is -0.392. The van der Waals surface area contributed by atoms with E-state index in [4.69, 9.17) is 5.02 Å². The molecule has 0 amide bonds. The van der Waals surface area contributed by atoms with E-state index in [2.05, 4.69) is 17.5 Å². The van der Waals surface area contributed by atoms with Crippen molar-refractivity contribution in [3.8, 4) is 0 Å². The minimum Gasteiger partial charge on any atom is -0.437 e. The molecule has 0 radical (unpaired) electrons. The molecular formula is C5H13BN2O. The van der Waals surface area contributed by atoms with Gasteiger partial charge in [-0.05, 0) is 13.7 Å². The van der Waals surface area contributed by atoms with Gasteiger partial charge in [0.05, 0.1) is 0 Å². The summed E-state index contributed by atoms with van der Waals surface area (Å²) in [6.45, 7) is 5.75. The maximum absolute atomic E-state index is 8.91. The van der Waals surface area contributed by atoms with Gasteiger partial charge in [0.25, 0.3) is 0 Å². The van der Waals surface area contributed by atoms with Crippen LogP contribution in [0.1, 0.15) is 6.92 Å². The Morgan fingerprint density at radius 2 is 2.22 bits per heavy atom. The van der Waals surface area contributed by atoms with Crippen LogP contribution in [0.4, 0.5) is 0 Å². The summed E-state index contributed by atoms with van der Waals surface area (Å²) >= 11 is 0. The SMILES string of the molecule is CB(O)NC1(C)CNC1. The van der Waals surface area contributed by atoms with E-state index >= 15 is 0 Å². The van der Waals surface area contributed by atoms with Crippen LogP contribution in [0.3, 0.4) is 0 Å². The van der Waals surface area contributed by atoms with Crippen molar-refractivity contribution < 1.29 is 5.02 Å². The molecule has 1 saturated heterocycles.